The molecule has 0 unspecified atom stereocenters. The fourth-order valence-electron chi connectivity index (χ4n) is 1.66. The summed E-state index contributed by atoms with van der Waals surface area (Å²) in [5.74, 6) is 0.175. The number of hydrogen-bond acceptors (Lipinski definition) is 4. The van der Waals surface area contributed by atoms with Crippen molar-refractivity contribution in [3.05, 3.63) is 46.0 Å². The second-order valence-corrected chi connectivity index (χ2v) is 5.43. The molecule has 0 saturated heterocycles. The number of thiophene rings is 1. The monoisotopic (exact) mass is 249 g/mol. The van der Waals surface area contributed by atoms with E-state index in [9.17, 15) is 4.79 Å². The van der Waals surface area contributed by atoms with Crippen LogP contribution in [0.2, 0.25) is 0 Å². The van der Waals surface area contributed by atoms with Gasteiger partial charge in [-0.15, -0.1) is 11.3 Å². The van der Waals surface area contributed by atoms with E-state index >= 15 is 0 Å². The molecular formula is C13H15NO2S. The second kappa shape index (κ2) is 5.29. The average molecular weight is 249 g/mol. The van der Waals surface area contributed by atoms with Crippen molar-refractivity contribution in [2.24, 2.45) is 0 Å². The number of rotatable bonds is 5. The molecular weight excluding hydrogens is 234 g/mol. The van der Waals surface area contributed by atoms with Gasteiger partial charge in [0, 0.05) is 17.0 Å². The number of nitrogens with zero attached hydrogens (tertiary/aromatic N) is 1. The maximum Gasteiger partial charge on any atom is 0.186 e. The molecule has 0 bridgehead atoms. The average Bonchev–Trinajstić information content (AvgIpc) is 2.89. The van der Waals surface area contributed by atoms with Crippen LogP contribution in [0.25, 0.3) is 0 Å². The van der Waals surface area contributed by atoms with Crippen molar-refractivity contribution in [3.63, 3.8) is 0 Å². The van der Waals surface area contributed by atoms with Crippen LogP contribution in [-0.4, -0.2) is 24.3 Å². The van der Waals surface area contributed by atoms with Crippen molar-refractivity contribution in [2.45, 2.75) is 13.5 Å². The van der Waals surface area contributed by atoms with Gasteiger partial charge in [0.25, 0.3) is 0 Å². The van der Waals surface area contributed by atoms with E-state index in [0.717, 1.165) is 17.0 Å². The molecule has 0 N–H and O–H groups in total. The molecule has 2 aromatic heterocycles. The summed E-state index contributed by atoms with van der Waals surface area (Å²) in [5.41, 5.74) is 1.09. The lowest BCUT2D eigenvalue weighted by Crippen LogP contribution is -2.24. The van der Waals surface area contributed by atoms with Crippen LogP contribution in [0.3, 0.4) is 0 Å². The lowest BCUT2D eigenvalue weighted by molar-refractivity contribution is 0.0947. The van der Waals surface area contributed by atoms with E-state index in [2.05, 4.69) is 0 Å². The Labute approximate surface area is 105 Å². The van der Waals surface area contributed by atoms with Gasteiger partial charge in [-0.2, -0.15) is 0 Å². The van der Waals surface area contributed by atoms with Gasteiger partial charge in [0.1, 0.15) is 0 Å². The molecule has 0 atom stereocenters. The molecule has 0 aromatic carbocycles. The number of carbonyl (C=O) groups excluding carboxylic acids is 1. The Morgan fingerprint density at radius 2 is 2.24 bits per heavy atom. The van der Waals surface area contributed by atoms with Crippen LogP contribution in [0, 0.1) is 6.92 Å². The normalized spacial score (nSPS) is 11.0. The minimum atomic E-state index is 0.175. The number of Topliss-reactive ketones (excluding diaryl/α,β-unsaturated/α-hetero) is 1. The fourth-order valence-corrected chi connectivity index (χ4v) is 2.46. The third kappa shape index (κ3) is 3.28. The van der Waals surface area contributed by atoms with E-state index in [1.165, 1.54) is 4.88 Å². The lowest BCUT2D eigenvalue weighted by atomic mass is 10.2. The van der Waals surface area contributed by atoms with Crippen LogP contribution in [0.4, 0.5) is 0 Å². The Balaban J connectivity index is 1.90. The molecule has 0 amide bonds. The van der Waals surface area contributed by atoms with Gasteiger partial charge in [0.15, 0.2) is 5.78 Å². The molecule has 0 radical (unpaired) electrons. The molecule has 0 spiro atoms. The van der Waals surface area contributed by atoms with E-state index < -0.39 is 0 Å². The topological polar surface area (TPSA) is 33.5 Å². The Kier molecular flexibility index (Phi) is 3.76. The minimum Gasteiger partial charge on any atom is -0.472 e. The lowest BCUT2D eigenvalue weighted by Gasteiger charge is -2.13. The molecule has 17 heavy (non-hydrogen) atoms. The summed E-state index contributed by atoms with van der Waals surface area (Å²) in [6, 6.07) is 5.79. The van der Waals surface area contributed by atoms with Crippen molar-refractivity contribution >= 4 is 17.1 Å². The summed E-state index contributed by atoms with van der Waals surface area (Å²) in [5, 5.41) is 0. The van der Waals surface area contributed by atoms with Gasteiger partial charge in [-0.25, -0.2) is 0 Å². The zero-order valence-corrected chi connectivity index (χ0v) is 10.8. The number of ketones is 1. The highest BCUT2D eigenvalue weighted by Gasteiger charge is 2.11. The molecule has 90 valence electrons. The zero-order chi connectivity index (χ0) is 12.3. The summed E-state index contributed by atoms with van der Waals surface area (Å²) in [7, 11) is 1.94. The smallest absolute Gasteiger partial charge is 0.186 e. The maximum absolute atomic E-state index is 11.9. The van der Waals surface area contributed by atoms with Crippen molar-refractivity contribution in [1.29, 1.82) is 0 Å². The molecule has 0 saturated carbocycles. The van der Waals surface area contributed by atoms with Gasteiger partial charge in [-0.1, -0.05) is 0 Å². The van der Waals surface area contributed by atoms with Crippen LogP contribution in [0.15, 0.2) is 35.1 Å². The molecule has 0 aliphatic rings. The molecule has 3 nitrogen and oxygen atoms in total. The third-order valence-electron chi connectivity index (χ3n) is 2.46. The predicted molar refractivity (Wildman–Crippen MR) is 68.4 cm³/mol. The highest BCUT2D eigenvalue weighted by molar-refractivity contribution is 7.14. The Bertz CT molecular complexity index is 487. The largest absolute Gasteiger partial charge is 0.472 e. The quantitative estimate of drug-likeness (QED) is 0.764. The Morgan fingerprint density at radius 1 is 1.41 bits per heavy atom. The first kappa shape index (κ1) is 12.1. The first-order valence-electron chi connectivity index (χ1n) is 5.44. The summed E-state index contributed by atoms with van der Waals surface area (Å²) in [6.07, 6.45) is 3.35. The number of furan rings is 1. The van der Waals surface area contributed by atoms with Gasteiger partial charge < -0.3 is 4.42 Å². The molecule has 2 aromatic rings. The number of likely N-dealkylation sites (N-methyl/N-ethyl adjacent to an activating group) is 1. The first-order chi connectivity index (χ1) is 8.15. The molecule has 0 aliphatic carbocycles. The van der Waals surface area contributed by atoms with Gasteiger partial charge in [0.2, 0.25) is 0 Å². The van der Waals surface area contributed by atoms with E-state index in [1.54, 1.807) is 23.9 Å². The molecule has 0 aliphatic heterocycles. The summed E-state index contributed by atoms with van der Waals surface area (Å²) < 4.78 is 5.00. The second-order valence-electron chi connectivity index (χ2n) is 4.14. The molecule has 4 heteroatoms. The van der Waals surface area contributed by atoms with Crippen molar-refractivity contribution in [2.75, 3.05) is 13.6 Å². The van der Waals surface area contributed by atoms with Gasteiger partial charge in [-0.3, -0.25) is 9.69 Å². The molecule has 0 fully saturated rings. The van der Waals surface area contributed by atoms with Crippen LogP contribution in [-0.2, 0) is 6.54 Å². The number of aryl methyl sites for hydroxylation is 1. The van der Waals surface area contributed by atoms with E-state index in [0.29, 0.717) is 6.54 Å². The van der Waals surface area contributed by atoms with E-state index in [1.807, 2.05) is 37.1 Å². The number of hydrogen-bond donors (Lipinski definition) is 0. The highest BCUT2D eigenvalue weighted by Crippen LogP contribution is 2.16. The van der Waals surface area contributed by atoms with Crippen molar-refractivity contribution in [3.8, 4) is 0 Å². The Hall–Kier alpha value is -1.39. The SMILES string of the molecule is Cc1ccc(C(=O)CN(C)Cc2ccoc2)s1. The van der Waals surface area contributed by atoms with Gasteiger partial charge >= 0.3 is 0 Å². The van der Waals surface area contributed by atoms with Crippen LogP contribution >= 0.6 is 11.3 Å². The minimum absolute atomic E-state index is 0.175. The fraction of sp³-hybridized carbons (Fsp3) is 0.308. The van der Waals surface area contributed by atoms with Crippen molar-refractivity contribution < 1.29 is 9.21 Å². The molecule has 2 rings (SSSR count). The summed E-state index contributed by atoms with van der Waals surface area (Å²) in [6.45, 7) is 3.17. The van der Waals surface area contributed by atoms with Crippen LogP contribution in [0.5, 0.6) is 0 Å². The van der Waals surface area contributed by atoms with Crippen LogP contribution in [0.1, 0.15) is 20.1 Å². The van der Waals surface area contributed by atoms with E-state index in [-0.39, 0.29) is 5.78 Å². The zero-order valence-electron chi connectivity index (χ0n) is 9.97. The summed E-state index contributed by atoms with van der Waals surface area (Å²) in [4.78, 5) is 15.9. The third-order valence-corrected chi connectivity index (χ3v) is 3.50. The van der Waals surface area contributed by atoms with Gasteiger partial charge in [-0.05, 0) is 32.2 Å². The number of carbonyl (C=O) groups is 1. The van der Waals surface area contributed by atoms with E-state index in [4.69, 9.17) is 4.42 Å². The predicted octanol–water partition coefficient (Wildman–Crippen LogP) is 2.96. The van der Waals surface area contributed by atoms with Crippen molar-refractivity contribution in [1.82, 2.24) is 4.90 Å². The maximum atomic E-state index is 11.9. The Morgan fingerprint density at radius 3 is 2.82 bits per heavy atom. The first-order valence-corrected chi connectivity index (χ1v) is 6.26. The standard InChI is InChI=1S/C13H15NO2S/c1-10-3-4-13(17-10)12(15)8-14(2)7-11-5-6-16-9-11/h3-6,9H,7-8H2,1-2H3. The van der Waals surface area contributed by atoms with Gasteiger partial charge in [0.05, 0.1) is 23.9 Å². The van der Waals surface area contributed by atoms with Crippen LogP contribution < -0.4 is 0 Å². The highest BCUT2D eigenvalue weighted by atomic mass is 32.1. The summed E-state index contributed by atoms with van der Waals surface area (Å²) >= 11 is 1.55. The molecule has 2 heterocycles.